The second kappa shape index (κ2) is 5.62. The van der Waals surface area contributed by atoms with Crippen molar-refractivity contribution in [2.45, 2.75) is 19.4 Å². The number of nitrogens with one attached hydrogen (secondary N) is 1. The Balaban J connectivity index is 2.57. The Labute approximate surface area is 84.4 Å². The molecule has 0 saturated heterocycles. The van der Waals surface area contributed by atoms with Gasteiger partial charge < -0.3 is 15.5 Å². The lowest BCUT2D eigenvalue weighted by Crippen LogP contribution is -2.23. The van der Waals surface area contributed by atoms with Crippen LogP contribution in [0.25, 0.3) is 0 Å². The Morgan fingerprint density at radius 1 is 1.36 bits per heavy atom. The first kappa shape index (κ1) is 11.0. The molecule has 0 amide bonds. The molecule has 1 rings (SSSR count). The van der Waals surface area contributed by atoms with Gasteiger partial charge in [0.25, 0.3) is 0 Å². The van der Waals surface area contributed by atoms with Crippen molar-refractivity contribution in [2.24, 2.45) is 0 Å². The van der Waals surface area contributed by atoms with Gasteiger partial charge in [-0.3, -0.25) is 0 Å². The van der Waals surface area contributed by atoms with E-state index in [2.05, 4.69) is 12.2 Å². The average Bonchev–Trinajstić information content (AvgIpc) is 2.26. The van der Waals surface area contributed by atoms with Gasteiger partial charge in [-0.25, -0.2) is 0 Å². The number of aliphatic hydroxyl groups is 2. The molecule has 0 unspecified atom stereocenters. The Morgan fingerprint density at radius 2 is 2.07 bits per heavy atom. The van der Waals surface area contributed by atoms with Crippen molar-refractivity contribution in [2.75, 3.05) is 18.5 Å². The number of hydrogen-bond donors (Lipinski definition) is 3. The standard InChI is InChI=1S/C11H17NO2/c1-2-9-5-3-4-6-11(9)12-7-10(14)8-13/h3-6,10,12-14H,2,7-8H2,1H3/t10-/m0/s1. The lowest BCUT2D eigenvalue weighted by molar-refractivity contribution is 0.105. The van der Waals surface area contributed by atoms with Gasteiger partial charge in [-0.05, 0) is 18.1 Å². The van der Waals surface area contributed by atoms with E-state index in [1.165, 1.54) is 5.56 Å². The Kier molecular flexibility index (Phi) is 4.43. The number of anilines is 1. The molecule has 0 fully saturated rings. The molecule has 0 spiro atoms. The predicted octanol–water partition coefficient (Wildman–Crippen LogP) is 1.01. The first-order valence-corrected chi connectivity index (χ1v) is 4.88. The van der Waals surface area contributed by atoms with Crippen LogP contribution in [0, 0.1) is 0 Å². The molecule has 0 bridgehead atoms. The second-order valence-corrected chi connectivity index (χ2v) is 3.23. The van der Waals surface area contributed by atoms with Crippen molar-refractivity contribution in [3.63, 3.8) is 0 Å². The van der Waals surface area contributed by atoms with Crippen LogP contribution in [0.15, 0.2) is 24.3 Å². The molecule has 0 aliphatic rings. The number of rotatable bonds is 5. The number of aliphatic hydroxyl groups excluding tert-OH is 2. The number of hydrogen-bond acceptors (Lipinski definition) is 3. The number of aryl methyl sites for hydroxylation is 1. The molecule has 1 aromatic rings. The van der Waals surface area contributed by atoms with Crippen LogP contribution in [0.4, 0.5) is 5.69 Å². The Hall–Kier alpha value is -1.06. The summed E-state index contributed by atoms with van der Waals surface area (Å²) in [5.74, 6) is 0. The van der Waals surface area contributed by atoms with E-state index >= 15 is 0 Å². The topological polar surface area (TPSA) is 52.5 Å². The zero-order chi connectivity index (χ0) is 10.4. The summed E-state index contributed by atoms with van der Waals surface area (Å²) in [6.45, 7) is 2.26. The number of para-hydroxylation sites is 1. The maximum Gasteiger partial charge on any atom is 0.0942 e. The van der Waals surface area contributed by atoms with Gasteiger partial charge in [0.05, 0.1) is 12.7 Å². The maximum absolute atomic E-state index is 9.17. The first-order chi connectivity index (χ1) is 6.77. The van der Waals surface area contributed by atoms with E-state index < -0.39 is 6.10 Å². The molecule has 14 heavy (non-hydrogen) atoms. The van der Waals surface area contributed by atoms with Crippen LogP contribution in [0.2, 0.25) is 0 Å². The summed E-state index contributed by atoms with van der Waals surface area (Å²) >= 11 is 0. The molecular weight excluding hydrogens is 178 g/mol. The second-order valence-electron chi connectivity index (χ2n) is 3.23. The van der Waals surface area contributed by atoms with Crippen molar-refractivity contribution >= 4 is 5.69 Å². The third-order valence-electron chi connectivity index (χ3n) is 2.14. The molecule has 0 heterocycles. The summed E-state index contributed by atoms with van der Waals surface area (Å²) in [6.07, 6.45) is 0.262. The van der Waals surface area contributed by atoms with E-state index in [4.69, 9.17) is 5.11 Å². The normalized spacial score (nSPS) is 12.5. The van der Waals surface area contributed by atoms with Gasteiger partial charge >= 0.3 is 0 Å². The summed E-state index contributed by atoms with van der Waals surface area (Å²) in [4.78, 5) is 0. The summed E-state index contributed by atoms with van der Waals surface area (Å²) in [7, 11) is 0. The zero-order valence-electron chi connectivity index (χ0n) is 8.40. The van der Waals surface area contributed by atoms with E-state index in [0.29, 0.717) is 6.54 Å². The molecule has 0 aliphatic heterocycles. The van der Waals surface area contributed by atoms with Crippen LogP contribution in [0.1, 0.15) is 12.5 Å². The summed E-state index contributed by atoms with van der Waals surface area (Å²) < 4.78 is 0. The van der Waals surface area contributed by atoms with Gasteiger partial charge in [0.1, 0.15) is 0 Å². The monoisotopic (exact) mass is 195 g/mol. The van der Waals surface area contributed by atoms with Crippen molar-refractivity contribution in [3.05, 3.63) is 29.8 Å². The molecule has 0 aliphatic carbocycles. The van der Waals surface area contributed by atoms with Gasteiger partial charge in [0, 0.05) is 12.2 Å². The minimum Gasteiger partial charge on any atom is -0.394 e. The first-order valence-electron chi connectivity index (χ1n) is 4.88. The largest absolute Gasteiger partial charge is 0.394 e. The van der Waals surface area contributed by atoms with E-state index in [9.17, 15) is 5.11 Å². The molecule has 3 N–H and O–H groups in total. The molecular formula is C11H17NO2. The van der Waals surface area contributed by atoms with E-state index in [1.54, 1.807) is 0 Å². The highest BCUT2D eigenvalue weighted by atomic mass is 16.3. The van der Waals surface area contributed by atoms with Crippen LogP contribution in [0.3, 0.4) is 0 Å². The lowest BCUT2D eigenvalue weighted by Gasteiger charge is -2.13. The van der Waals surface area contributed by atoms with Gasteiger partial charge in [-0.15, -0.1) is 0 Å². The van der Waals surface area contributed by atoms with Crippen molar-refractivity contribution < 1.29 is 10.2 Å². The quantitative estimate of drug-likeness (QED) is 0.657. The van der Waals surface area contributed by atoms with Crippen LogP contribution in [0.5, 0.6) is 0 Å². The molecule has 78 valence electrons. The predicted molar refractivity (Wildman–Crippen MR) is 57.4 cm³/mol. The molecule has 3 heteroatoms. The fraction of sp³-hybridized carbons (Fsp3) is 0.455. The van der Waals surface area contributed by atoms with E-state index in [1.807, 2.05) is 24.3 Å². The van der Waals surface area contributed by atoms with Crippen LogP contribution in [-0.2, 0) is 6.42 Å². The van der Waals surface area contributed by atoms with Gasteiger partial charge in [0.15, 0.2) is 0 Å². The maximum atomic E-state index is 9.17. The molecule has 1 aromatic carbocycles. The number of benzene rings is 1. The summed E-state index contributed by atoms with van der Waals surface area (Å²) in [5.41, 5.74) is 2.25. The Morgan fingerprint density at radius 3 is 2.71 bits per heavy atom. The van der Waals surface area contributed by atoms with Crippen molar-refractivity contribution in [1.29, 1.82) is 0 Å². The SMILES string of the molecule is CCc1ccccc1NC[C@H](O)CO. The third kappa shape index (κ3) is 3.01. The van der Waals surface area contributed by atoms with Gasteiger partial charge in [0.2, 0.25) is 0 Å². The highest BCUT2D eigenvalue weighted by molar-refractivity contribution is 5.51. The minimum absolute atomic E-state index is 0.207. The summed E-state index contributed by atoms with van der Waals surface area (Å²) in [6, 6.07) is 7.97. The van der Waals surface area contributed by atoms with Crippen LogP contribution < -0.4 is 5.32 Å². The smallest absolute Gasteiger partial charge is 0.0942 e. The summed E-state index contributed by atoms with van der Waals surface area (Å²) in [5, 5.41) is 20.9. The lowest BCUT2D eigenvalue weighted by atomic mass is 10.1. The molecule has 0 saturated carbocycles. The zero-order valence-corrected chi connectivity index (χ0v) is 8.40. The van der Waals surface area contributed by atoms with Crippen molar-refractivity contribution in [3.8, 4) is 0 Å². The van der Waals surface area contributed by atoms with Gasteiger partial charge in [-0.2, -0.15) is 0 Å². The third-order valence-corrected chi connectivity index (χ3v) is 2.14. The Bertz CT molecular complexity index is 276. The molecule has 0 aromatic heterocycles. The van der Waals surface area contributed by atoms with Crippen LogP contribution in [-0.4, -0.2) is 29.5 Å². The average molecular weight is 195 g/mol. The van der Waals surface area contributed by atoms with Crippen LogP contribution >= 0.6 is 0 Å². The molecule has 0 radical (unpaired) electrons. The molecule has 3 nitrogen and oxygen atoms in total. The fourth-order valence-corrected chi connectivity index (χ4v) is 1.29. The van der Waals surface area contributed by atoms with E-state index in [-0.39, 0.29) is 6.61 Å². The highest BCUT2D eigenvalue weighted by Crippen LogP contribution is 2.14. The van der Waals surface area contributed by atoms with Gasteiger partial charge in [-0.1, -0.05) is 25.1 Å². The van der Waals surface area contributed by atoms with E-state index in [0.717, 1.165) is 12.1 Å². The highest BCUT2D eigenvalue weighted by Gasteiger charge is 2.03. The fourth-order valence-electron chi connectivity index (χ4n) is 1.29. The molecule has 1 atom stereocenters. The van der Waals surface area contributed by atoms with Crippen molar-refractivity contribution in [1.82, 2.24) is 0 Å². The minimum atomic E-state index is -0.695.